The zero-order chi connectivity index (χ0) is 20.9. The number of carbonyl (C=O) groups is 1. The summed E-state index contributed by atoms with van der Waals surface area (Å²) in [6.07, 6.45) is 13.3. The van der Waals surface area contributed by atoms with E-state index in [4.69, 9.17) is 14.6 Å². The molecule has 2 heterocycles. The van der Waals surface area contributed by atoms with Gasteiger partial charge in [-0.05, 0) is 43.9 Å². The number of nitrogens with zero attached hydrogens (tertiary/aromatic N) is 4. The van der Waals surface area contributed by atoms with Crippen LogP contribution in [0.1, 0.15) is 31.2 Å². The number of ether oxygens (including phenoxy) is 2. The third-order valence-corrected chi connectivity index (χ3v) is 5.86. The van der Waals surface area contributed by atoms with Crippen molar-refractivity contribution in [2.45, 2.75) is 32.2 Å². The Morgan fingerprint density at radius 1 is 1.03 bits per heavy atom. The van der Waals surface area contributed by atoms with Crippen LogP contribution in [-0.2, 0) is 11.3 Å². The second kappa shape index (κ2) is 9.15. The van der Waals surface area contributed by atoms with Crippen molar-refractivity contribution < 1.29 is 14.3 Å². The molecule has 0 saturated carbocycles. The molecule has 1 aliphatic carbocycles. The van der Waals surface area contributed by atoms with Crippen LogP contribution in [0.4, 0.5) is 0 Å². The summed E-state index contributed by atoms with van der Waals surface area (Å²) < 4.78 is 12.9. The lowest BCUT2D eigenvalue weighted by Gasteiger charge is -2.37. The highest BCUT2D eigenvalue weighted by Crippen LogP contribution is 2.36. The van der Waals surface area contributed by atoms with E-state index in [0.29, 0.717) is 18.0 Å². The van der Waals surface area contributed by atoms with Gasteiger partial charge in [0.25, 0.3) is 0 Å². The van der Waals surface area contributed by atoms with Crippen molar-refractivity contribution in [2.75, 3.05) is 20.8 Å². The number of aromatic nitrogens is 2. The molecule has 0 N–H and O–H groups in total. The number of hydrogen-bond acceptors (Lipinski definition) is 5. The first-order chi connectivity index (χ1) is 14.7. The number of allylic oxidation sites excluding steroid dienone is 2. The van der Waals surface area contributed by atoms with E-state index < -0.39 is 0 Å². The number of aryl methyl sites for hydroxylation is 1. The molecule has 30 heavy (non-hydrogen) atoms. The molecule has 2 aromatic rings. The van der Waals surface area contributed by atoms with E-state index in [0.717, 1.165) is 43.5 Å². The molecule has 7 nitrogen and oxygen atoms in total. The molecule has 7 heteroatoms. The fourth-order valence-electron chi connectivity index (χ4n) is 4.24. The normalized spacial score (nSPS) is 20.7. The van der Waals surface area contributed by atoms with Crippen molar-refractivity contribution >= 4 is 11.6 Å². The first kappa shape index (κ1) is 20.2. The predicted molar refractivity (Wildman–Crippen MR) is 115 cm³/mol. The summed E-state index contributed by atoms with van der Waals surface area (Å²) in [6.45, 7) is 1.51. The average Bonchev–Trinajstić information content (AvgIpc) is 3.31. The highest BCUT2D eigenvalue weighted by Gasteiger charge is 2.39. The van der Waals surface area contributed by atoms with E-state index in [-0.39, 0.29) is 17.7 Å². The van der Waals surface area contributed by atoms with Crippen molar-refractivity contribution in [2.24, 2.45) is 16.9 Å². The Balaban J connectivity index is 1.55. The zero-order valence-corrected chi connectivity index (χ0v) is 17.5. The maximum Gasteiger partial charge on any atom is 0.246 e. The first-order valence-corrected chi connectivity index (χ1v) is 10.4. The number of fused-ring (bicyclic) bond motifs is 1. The largest absolute Gasteiger partial charge is 0.493 e. The van der Waals surface area contributed by atoms with Gasteiger partial charge in [-0.2, -0.15) is 5.10 Å². The summed E-state index contributed by atoms with van der Waals surface area (Å²) in [5.74, 6) is 1.54. The van der Waals surface area contributed by atoms with Crippen molar-refractivity contribution in [3.05, 3.63) is 54.6 Å². The lowest BCUT2D eigenvalue weighted by molar-refractivity contribution is -0.137. The highest BCUT2D eigenvalue weighted by molar-refractivity contribution is 6.07. The molecular weight excluding hydrogens is 380 g/mol. The summed E-state index contributed by atoms with van der Waals surface area (Å²) in [6, 6.07) is 5.86. The second-order valence-corrected chi connectivity index (χ2v) is 7.68. The van der Waals surface area contributed by atoms with E-state index in [1.165, 1.54) is 0 Å². The fraction of sp³-hybridized carbons (Fsp3) is 0.435. The molecule has 1 aromatic heterocycles. The van der Waals surface area contributed by atoms with E-state index in [1.54, 1.807) is 25.4 Å². The van der Waals surface area contributed by atoms with Gasteiger partial charge in [-0.25, -0.2) is 9.99 Å². The third-order valence-electron chi connectivity index (χ3n) is 5.86. The van der Waals surface area contributed by atoms with E-state index in [2.05, 4.69) is 21.7 Å². The maximum atomic E-state index is 13.1. The van der Waals surface area contributed by atoms with Gasteiger partial charge in [-0.1, -0.05) is 12.2 Å². The number of methoxy groups -OCH3 is 2. The number of benzene rings is 1. The molecule has 1 aliphatic heterocycles. The van der Waals surface area contributed by atoms with Crippen LogP contribution in [0, 0.1) is 11.8 Å². The van der Waals surface area contributed by atoms with Gasteiger partial charge in [0, 0.05) is 37.0 Å². The van der Waals surface area contributed by atoms with E-state index >= 15 is 0 Å². The van der Waals surface area contributed by atoms with Crippen molar-refractivity contribution in [3.8, 4) is 11.5 Å². The van der Waals surface area contributed by atoms with Crippen molar-refractivity contribution in [1.82, 2.24) is 14.6 Å². The highest BCUT2D eigenvalue weighted by atomic mass is 16.5. The smallest absolute Gasteiger partial charge is 0.246 e. The molecular formula is C23H28N4O3. The number of rotatable bonds is 8. The summed E-state index contributed by atoms with van der Waals surface area (Å²) in [7, 11) is 3.26. The van der Waals surface area contributed by atoms with Gasteiger partial charge in [0.15, 0.2) is 11.5 Å². The Morgan fingerprint density at radius 2 is 1.80 bits per heavy atom. The maximum absolute atomic E-state index is 13.1. The van der Waals surface area contributed by atoms with Crippen LogP contribution in [0.5, 0.6) is 11.5 Å². The van der Waals surface area contributed by atoms with Crippen LogP contribution in [0.15, 0.2) is 54.2 Å². The summed E-state index contributed by atoms with van der Waals surface area (Å²) in [4.78, 5) is 17.2. The molecule has 4 rings (SSSR count). The van der Waals surface area contributed by atoms with E-state index in [9.17, 15) is 4.79 Å². The molecule has 0 fully saturated rings. The van der Waals surface area contributed by atoms with Crippen LogP contribution < -0.4 is 9.47 Å². The Bertz CT molecular complexity index is 936. The molecule has 0 bridgehead atoms. The van der Waals surface area contributed by atoms with Gasteiger partial charge in [0.05, 0.1) is 32.2 Å². The minimum atomic E-state index is -0.0516. The van der Waals surface area contributed by atoms with Crippen LogP contribution in [0.25, 0.3) is 0 Å². The Kier molecular flexibility index (Phi) is 6.16. The lowest BCUT2D eigenvalue weighted by Crippen LogP contribution is -2.45. The summed E-state index contributed by atoms with van der Waals surface area (Å²) in [5.41, 5.74) is 1.94. The lowest BCUT2D eigenvalue weighted by atomic mass is 9.76. The van der Waals surface area contributed by atoms with Gasteiger partial charge in [-0.15, -0.1) is 0 Å². The Morgan fingerprint density at radius 3 is 2.53 bits per heavy atom. The monoisotopic (exact) mass is 408 g/mol. The number of unbranched alkanes of at least 4 members (excludes halogenated alkanes) is 1. The average molecular weight is 409 g/mol. The molecule has 0 saturated heterocycles. The van der Waals surface area contributed by atoms with Crippen LogP contribution in [0.2, 0.25) is 0 Å². The van der Waals surface area contributed by atoms with Gasteiger partial charge in [0.2, 0.25) is 5.91 Å². The van der Waals surface area contributed by atoms with Crippen LogP contribution >= 0.6 is 0 Å². The van der Waals surface area contributed by atoms with Gasteiger partial charge in [-0.3, -0.25) is 4.79 Å². The fourth-order valence-corrected chi connectivity index (χ4v) is 4.24. The molecule has 0 unspecified atom stereocenters. The van der Waals surface area contributed by atoms with E-state index in [1.807, 2.05) is 30.7 Å². The minimum absolute atomic E-state index is 0.0516. The Labute approximate surface area is 177 Å². The van der Waals surface area contributed by atoms with Gasteiger partial charge < -0.3 is 14.0 Å². The third kappa shape index (κ3) is 4.10. The first-order valence-electron chi connectivity index (χ1n) is 10.4. The number of hydrogen-bond donors (Lipinski definition) is 0. The summed E-state index contributed by atoms with van der Waals surface area (Å²) in [5, 5.41) is 6.51. The quantitative estimate of drug-likeness (QED) is 0.495. The molecule has 1 amide bonds. The molecule has 158 valence electrons. The Hall–Kier alpha value is -3.09. The molecule has 1 aromatic carbocycles. The molecule has 0 spiro atoms. The molecule has 2 atom stereocenters. The standard InChI is InChI=1S/C23H28N4O3/c1-29-20-10-9-17(15-21(20)30-2)22-18-7-3-4-8-19(18)23(28)27(25-22)13-6-5-12-26-14-11-24-16-26/h3-4,9-11,14-16,18-19H,5-8,12-13H2,1-2H3/t18-,19+/m1/s1. The van der Waals surface area contributed by atoms with Gasteiger partial charge in [0.1, 0.15) is 0 Å². The molecule has 0 radical (unpaired) electrons. The van der Waals surface area contributed by atoms with Crippen LogP contribution in [0.3, 0.4) is 0 Å². The zero-order valence-electron chi connectivity index (χ0n) is 17.5. The number of hydrazone groups is 1. The number of imidazole rings is 1. The SMILES string of the molecule is COc1ccc(C2=NN(CCCCn3ccnc3)C(=O)[C@H]3CC=CC[C@@H]23)cc1OC. The van der Waals surface area contributed by atoms with Crippen molar-refractivity contribution in [1.29, 1.82) is 0 Å². The minimum Gasteiger partial charge on any atom is -0.493 e. The predicted octanol–water partition coefficient (Wildman–Crippen LogP) is 3.51. The van der Waals surface area contributed by atoms with Crippen molar-refractivity contribution in [3.63, 3.8) is 0 Å². The second-order valence-electron chi connectivity index (χ2n) is 7.68. The van der Waals surface area contributed by atoms with Gasteiger partial charge >= 0.3 is 0 Å². The summed E-state index contributed by atoms with van der Waals surface area (Å²) >= 11 is 0. The topological polar surface area (TPSA) is 69.0 Å². The number of amides is 1. The molecule has 2 aliphatic rings. The van der Waals surface area contributed by atoms with Crippen LogP contribution in [-0.4, -0.2) is 46.9 Å². The number of carbonyl (C=O) groups excluding carboxylic acids is 1.